The Bertz CT molecular complexity index is 1160. The Morgan fingerprint density at radius 3 is 2.59 bits per heavy atom. The number of halogens is 1. The zero-order valence-corrected chi connectivity index (χ0v) is 20.4. The van der Waals surface area contributed by atoms with E-state index in [4.69, 9.17) is 11.6 Å². The molecular formula is C25H34ClN5O. The van der Waals surface area contributed by atoms with Gasteiger partial charge in [0.25, 0.3) is 0 Å². The number of aromatic amines is 1. The van der Waals surface area contributed by atoms with Crippen molar-refractivity contribution in [3.05, 3.63) is 48.1 Å². The average Bonchev–Trinajstić information content (AvgIpc) is 3.48. The van der Waals surface area contributed by atoms with Gasteiger partial charge in [0.2, 0.25) is 0 Å². The molecule has 172 valence electrons. The van der Waals surface area contributed by atoms with Crippen LogP contribution in [0.2, 0.25) is 5.02 Å². The van der Waals surface area contributed by atoms with Crippen LogP contribution in [0.15, 0.2) is 43.1 Å². The Morgan fingerprint density at radius 2 is 1.97 bits per heavy atom. The van der Waals surface area contributed by atoms with Crippen molar-refractivity contribution in [2.24, 2.45) is 11.8 Å². The van der Waals surface area contributed by atoms with Gasteiger partial charge in [0.05, 0.1) is 23.3 Å². The Kier molecular flexibility index (Phi) is 8.13. The number of Topliss-reactive ketones (excluding diaryl/α,β-unsaturated/α-hetero) is 1. The van der Waals surface area contributed by atoms with Crippen LogP contribution in [0.4, 0.5) is 0 Å². The van der Waals surface area contributed by atoms with Gasteiger partial charge in [-0.3, -0.25) is 9.48 Å². The third-order valence-corrected chi connectivity index (χ3v) is 6.19. The van der Waals surface area contributed by atoms with Crippen molar-refractivity contribution in [1.29, 1.82) is 0 Å². The number of hydrogen-bond acceptors (Lipinski definition) is 3. The first-order valence-electron chi connectivity index (χ1n) is 11.5. The van der Waals surface area contributed by atoms with Gasteiger partial charge in [0, 0.05) is 47.5 Å². The summed E-state index contributed by atoms with van der Waals surface area (Å²) in [5.41, 5.74) is 2.31. The highest BCUT2D eigenvalue weighted by atomic mass is 35.5. The number of carbonyl (C=O) groups excluding carboxylic acids is 1. The molecule has 1 N–H and O–H groups in total. The van der Waals surface area contributed by atoms with E-state index in [-0.39, 0.29) is 11.7 Å². The van der Waals surface area contributed by atoms with Crippen molar-refractivity contribution >= 4 is 39.3 Å². The molecular weight excluding hydrogens is 422 g/mol. The van der Waals surface area contributed by atoms with Crippen molar-refractivity contribution in [2.75, 3.05) is 0 Å². The molecule has 2 atom stereocenters. The van der Waals surface area contributed by atoms with Crippen molar-refractivity contribution < 1.29 is 4.79 Å². The molecule has 0 bridgehead atoms. The first kappa shape index (κ1) is 24.1. The van der Waals surface area contributed by atoms with E-state index < -0.39 is 0 Å². The molecule has 0 spiro atoms. The van der Waals surface area contributed by atoms with Gasteiger partial charge in [-0.2, -0.15) is 5.10 Å². The fourth-order valence-electron chi connectivity index (χ4n) is 4.22. The first-order chi connectivity index (χ1) is 15.3. The average molecular weight is 456 g/mol. The predicted molar refractivity (Wildman–Crippen MR) is 132 cm³/mol. The lowest BCUT2D eigenvalue weighted by molar-refractivity contribution is -0.122. The minimum Gasteiger partial charge on any atom is -0.346 e. The maximum Gasteiger partial charge on any atom is 0.156 e. The number of nitrogens with zero attached hydrogens (tertiary/aromatic N) is 4. The van der Waals surface area contributed by atoms with Crippen molar-refractivity contribution in [2.45, 2.75) is 66.5 Å². The zero-order chi connectivity index (χ0) is 23.3. The Labute approximate surface area is 195 Å². The lowest BCUT2D eigenvalue weighted by Crippen LogP contribution is -2.15. The summed E-state index contributed by atoms with van der Waals surface area (Å²) in [5, 5.41) is 6.93. The monoisotopic (exact) mass is 455 g/mol. The predicted octanol–water partition coefficient (Wildman–Crippen LogP) is 6.67. The molecule has 0 aliphatic rings. The van der Waals surface area contributed by atoms with E-state index >= 15 is 0 Å². The third-order valence-electron chi connectivity index (χ3n) is 6.00. The second-order valence-corrected chi connectivity index (χ2v) is 9.18. The summed E-state index contributed by atoms with van der Waals surface area (Å²) in [4.78, 5) is 18.9. The number of ketones is 1. The molecule has 6 nitrogen and oxygen atoms in total. The minimum atomic E-state index is 0.0491. The molecule has 0 saturated heterocycles. The number of fused-ring (bicyclic) bond motifs is 3. The molecule has 4 heterocycles. The second kappa shape index (κ2) is 10.8. The second-order valence-electron chi connectivity index (χ2n) is 8.74. The first-order valence-corrected chi connectivity index (χ1v) is 11.9. The van der Waals surface area contributed by atoms with Crippen molar-refractivity contribution in [3.63, 3.8) is 0 Å². The van der Waals surface area contributed by atoms with Gasteiger partial charge in [-0.05, 0) is 30.9 Å². The van der Waals surface area contributed by atoms with Crippen LogP contribution in [0, 0.1) is 11.8 Å². The quantitative estimate of drug-likeness (QED) is 0.322. The van der Waals surface area contributed by atoms with Gasteiger partial charge in [-0.15, -0.1) is 0 Å². The van der Waals surface area contributed by atoms with Crippen LogP contribution in [-0.2, 0) is 11.3 Å². The number of hydrogen-bond donors (Lipinski definition) is 1. The Balaban J connectivity index is 0.000000207. The zero-order valence-electron chi connectivity index (χ0n) is 19.7. The molecule has 0 radical (unpaired) electrons. The largest absolute Gasteiger partial charge is 0.346 e. The summed E-state index contributed by atoms with van der Waals surface area (Å²) in [6.07, 6.45) is 13.0. The number of nitrogens with one attached hydrogen (secondary N) is 1. The molecule has 0 aromatic carbocycles. The van der Waals surface area contributed by atoms with Crippen molar-refractivity contribution in [1.82, 2.24) is 24.3 Å². The summed E-state index contributed by atoms with van der Waals surface area (Å²) in [6.45, 7) is 11.0. The highest BCUT2D eigenvalue weighted by Gasteiger charge is 2.19. The molecule has 0 aliphatic carbocycles. The molecule has 0 aliphatic heterocycles. The molecule has 4 rings (SSSR count). The molecule has 2 unspecified atom stereocenters. The number of carbonyl (C=O) groups is 1. The Hall–Kier alpha value is -2.60. The highest BCUT2D eigenvalue weighted by molar-refractivity contribution is 6.30. The van der Waals surface area contributed by atoms with E-state index in [9.17, 15) is 4.79 Å². The number of pyridine rings is 1. The molecule has 0 amide bonds. The Morgan fingerprint density at radius 1 is 1.19 bits per heavy atom. The summed E-state index contributed by atoms with van der Waals surface area (Å²) in [6, 6.07) is 4.89. The van der Waals surface area contributed by atoms with E-state index in [1.165, 1.54) is 41.7 Å². The normalized spacial score (nSPS) is 13.3. The van der Waals surface area contributed by atoms with Crippen LogP contribution in [0.3, 0.4) is 0 Å². The maximum absolute atomic E-state index is 11.2. The smallest absolute Gasteiger partial charge is 0.156 e. The van der Waals surface area contributed by atoms with Gasteiger partial charge in [-0.25, -0.2) is 4.98 Å². The lowest BCUT2D eigenvalue weighted by Gasteiger charge is -2.25. The number of H-pyrrole nitrogens is 1. The van der Waals surface area contributed by atoms with E-state index in [0.717, 1.165) is 5.65 Å². The molecule has 0 saturated carbocycles. The van der Waals surface area contributed by atoms with Crippen LogP contribution in [0.25, 0.3) is 21.9 Å². The van der Waals surface area contributed by atoms with Gasteiger partial charge >= 0.3 is 0 Å². The minimum absolute atomic E-state index is 0.0491. The molecule has 4 aromatic heterocycles. The number of aromatic nitrogens is 5. The van der Waals surface area contributed by atoms with Crippen LogP contribution >= 0.6 is 11.6 Å². The molecule has 4 aromatic rings. The van der Waals surface area contributed by atoms with Crippen LogP contribution in [0.5, 0.6) is 0 Å². The molecule has 7 heteroatoms. The number of rotatable bonds is 8. The van der Waals surface area contributed by atoms with Gasteiger partial charge in [0.15, 0.2) is 5.78 Å². The summed E-state index contributed by atoms with van der Waals surface area (Å²) in [7, 11) is 0. The van der Waals surface area contributed by atoms with Gasteiger partial charge < -0.3 is 9.55 Å². The fraction of sp³-hybridized carbons (Fsp3) is 0.480. The van der Waals surface area contributed by atoms with E-state index in [0.29, 0.717) is 23.5 Å². The summed E-state index contributed by atoms with van der Waals surface area (Å²) in [5.74, 6) is 0.908. The standard InChI is InChI=1S/C17H23N3.C8H11ClN2O/c1-4-6-12(3)15(5-2)20-10-8-13-11-19-17-14(16(13)20)7-9-18-17;1-6(2)8(12)5-11-4-7(9)3-10-11/h7-12,15H,4-6H2,1-3H3,(H,18,19);3-4,6H,5H2,1-2H3. The van der Waals surface area contributed by atoms with Crippen LogP contribution in [-0.4, -0.2) is 30.1 Å². The van der Waals surface area contributed by atoms with Crippen LogP contribution in [0.1, 0.15) is 59.9 Å². The van der Waals surface area contributed by atoms with E-state index in [2.05, 4.69) is 58.7 Å². The summed E-state index contributed by atoms with van der Waals surface area (Å²) < 4.78 is 4.01. The topological polar surface area (TPSA) is 68.5 Å². The molecule has 32 heavy (non-hydrogen) atoms. The maximum atomic E-state index is 11.2. The van der Waals surface area contributed by atoms with E-state index in [1.807, 2.05) is 26.2 Å². The SMILES string of the molecule is CC(C)C(=O)Cn1cc(Cl)cn1.CCCC(C)C(CC)n1ccc2cnc3[nH]ccc3c21. The van der Waals surface area contributed by atoms with Crippen LogP contribution < -0.4 is 0 Å². The lowest BCUT2D eigenvalue weighted by atomic mass is 9.94. The fourth-order valence-corrected chi connectivity index (χ4v) is 4.38. The molecule has 0 fully saturated rings. The van der Waals surface area contributed by atoms with E-state index in [1.54, 1.807) is 10.9 Å². The van der Waals surface area contributed by atoms with Crippen molar-refractivity contribution in [3.8, 4) is 0 Å². The third kappa shape index (κ3) is 5.41. The highest BCUT2D eigenvalue weighted by Crippen LogP contribution is 2.32. The van der Waals surface area contributed by atoms with Gasteiger partial charge in [0.1, 0.15) is 5.65 Å². The summed E-state index contributed by atoms with van der Waals surface area (Å²) >= 11 is 5.63. The van der Waals surface area contributed by atoms with Gasteiger partial charge in [-0.1, -0.05) is 52.6 Å².